The fourth-order valence-electron chi connectivity index (χ4n) is 5.75. The van der Waals surface area contributed by atoms with Gasteiger partial charge in [0.25, 0.3) is 5.56 Å². The maximum Gasteiger partial charge on any atom is 0.326 e. The van der Waals surface area contributed by atoms with Crippen LogP contribution in [0.5, 0.6) is 11.5 Å². The van der Waals surface area contributed by atoms with Crippen molar-refractivity contribution in [2.24, 2.45) is 7.05 Å². The number of hydrogen-bond donors (Lipinski definition) is 1. The minimum atomic E-state index is -0.186. The topological polar surface area (TPSA) is 86.4 Å². The van der Waals surface area contributed by atoms with Gasteiger partial charge in [-0.2, -0.15) is 0 Å². The third-order valence-electron chi connectivity index (χ3n) is 8.11. The maximum atomic E-state index is 13.5. The van der Waals surface area contributed by atoms with E-state index in [9.17, 15) is 9.59 Å². The summed E-state index contributed by atoms with van der Waals surface area (Å²) in [6.07, 6.45) is 3.78. The zero-order valence-corrected chi connectivity index (χ0v) is 25.5. The normalized spacial score (nSPS) is 14.0. The van der Waals surface area contributed by atoms with Crippen LogP contribution in [-0.2, 0) is 18.3 Å². The Morgan fingerprint density at radius 3 is 2.45 bits per heavy atom. The number of H-pyrrole nitrogens is 1. The highest BCUT2D eigenvalue weighted by atomic mass is 32.2. The number of aromatic nitrogens is 4. The number of para-hydroxylation sites is 1. The highest BCUT2D eigenvalue weighted by molar-refractivity contribution is 7.98. The van der Waals surface area contributed by atoms with E-state index in [1.165, 1.54) is 17.5 Å². The summed E-state index contributed by atoms with van der Waals surface area (Å²) in [4.78, 5) is 33.3. The van der Waals surface area contributed by atoms with E-state index in [1.54, 1.807) is 16.2 Å². The van der Waals surface area contributed by atoms with Crippen molar-refractivity contribution >= 4 is 33.9 Å². The number of benzene rings is 3. The molecular weight excluding hydrogens is 574 g/mol. The number of hydrogen-bond acceptors (Lipinski definition) is 6. The Morgan fingerprint density at radius 2 is 1.68 bits per heavy atom. The van der Waals surface area contributed by atoms with Crippen LogP contribution in [0.2, 0.25) is 0 Å². The molecule has 0 amide bonds. The van der Waals surface area contributed by atoms with Crippen LogP contribution in [-0.4, -0.2) is 55.8 Å². The molecule has 0 radical (unpaired) electrons. The van der Waals surface area contributed by atoms with Crippen LogP contribution in [0.1, 0.15) is 5.56 Å². The number of morpholine rings is 1. The number of rotatable bonds is 8. The minimum Gasteiger partial charge on any atom is -0.454 e. The van der Waals surface area contributed by atoms with Crippen molar-refractivity contribution in [3.8, 4) is 22.6 Å². The van der Waals surface area contributed by atoms with Gasteiger partial charge in [0.05, 0.1) is 18.7 Å². The van der Waals surface area contributed by atoms with E-state index in [4.69, 9.17) is 9.47 Å². The molecule has 1 fully saturated rings. The molecule has 3 aromatic heterocycles. The zero-order chi connectivity index (χ0) is 30.2. The van der Waals surface area contributed by atoms with Crippen molar-refractivity contribution in [3.05, 3.63) is 112 Å². The number of nitrogens with one attached hydrogen (secondary N) is 1. The fraction of sp³-hybridized carbons (Fsp3) is 0.235. The lowest BCUT2D eigenvalue weighted by atomic mass is 10.0. The molecule has 7 rings (SSSR count). The van der Waals surface area contributed by atoms with Crippen LogP contribution in [0.3, 0.4) is 0 Å². The lowest BCUT2D eigenvalue weighted by molar-refractivity contribution is 0.0364. The lowest BCUT2D eigenvalue weighted by Crippen LogP contribution is -2.39. The monoisotopic (exact) mass is 607 g/mol. The molecule has 1 aliphatic rings. The number of nitrogens with zero attached hydrogens (tertiary/aromatic N) is 4. The van der Waals surface area contributed by atoms with Gasteiger partial charge in [-0.15, -0.1) is 0 Å². The second-order valence-corrected chi connectivity index (χ2v) is 12.1. The summed E-state index contributed by atoms with van der Waals surface area (Å²) < 4.78 is 17.4. The number of pyridine rings is 1. The Labute approximate surface area is 258 Å². The van der Waals surface area contributed by atoms with Crippen molar-refractivity contribution in [1.29, 1.82) is 0 Å². The summed E-state index contributed by atoms with van der Waals surface area (Å²) in [5.41, 5.74) is 4.48. The molecule has 9 nitrogen and oxygen atoms in total. The minimum absolute atomic E-state index is 0.0948. The molecule has 44 heavy (non-hydrogen) atoms. The molecule has 10 heteroatoms. The van der Waals surface area contributed by atoms with Gasteiger partial charge in [0, 0.05) is 67.0 Å². The molecule has 6 aromatic rings. The van der Waals surface area contributed by atoms with E-state index in [-0.39, 0.29) is 11.2 Å². The van der Waals surface area contributed by atoms with Gasteiger partial charge in [0.1, 0.15) is 16.8 Å². The SMILES string of the molecule is Cc1ccc(Sn2ccc3c(-c4ccc5c([nH]c(=O)n5CCN5CCOCC5)c4Oc4ccccc4)cn(C)c(=O)c32)cc1. The first-order valence-corrected chi connectivity index (χ1v) is 15.5. The van der Waals surface area contributed by atoms with Gasteiger partial charge in [0.15, 0.2) is 5.75 Å². The number of fused-ring (bicyclic) bond motifs is 2. The third-order valence-corrected chi connectivity index (χ3v) is 9.10. The largest absolute Gasteiger partial charge is 0.454 e. The third kappa shape index (κ3) is 5.36. The molecule has 224 valence electrons. The van der Waals surface area contributed by atoms with E-state index in [2.05, 4.69) is 41.1 Å². The van der Waals surface area contributed by atoms with Crippen molar-refractivity contribution in [1.82, 2.24) is 23.0 Å². The zero-order valence-electron chi connectivity index (χ0n) is 24.7. The summed E-state index contributed by atoms with van der Waals surface area (Å²) in [7, 11) is 1.76. The quantitative estimate of drug-likeness (QED) is 0.241. The van der Waals surface area contributed by atoms with Gasteiger partial charge in [-0.25, -0.2) is 4.79 Å². The Bertz CT molecular complexity index is 2070. The summed E-state index contributed by atoms with van der Waals surface area (Å²) in [6, 6.07) is 23.7. The van der Waals surface area contributed by atoms with Gasteiger partial charge in [-0.3, -0.25) is 18.2 Å². The molecule has 0 bridgehead atoms. The average molecular weight is 608 g/mol. The van der Waals surface area contributed by atoms with E-state index < -0.39 is 0 Å². The molecule has 4 heterocycles. The van der Waals surface area contributed by atoms with Crippen LogP contribution >= 0.6 is 11.9 Å². The summed E-state index contributed by atoms with van der Waals surface area (Å²) in [6.45, 7) is 6.48. The molecule has 0 unspecified atom stereocenters. The maximum absolute atomic E-state index is 13.5. The molecule has 1 N–H and O–H groups in total. The highest BCUT2D eigenvalue weighted by Crippen LogP contribution is 2.41. The van der Waals surface area contributed by atoms with Crippen LogP contribution in [0, 0.1) is 6.92 Å². The Hall–Kier alpha value is -4.51. The van der Waals surface area contributed by atoms with Crippen LogP contribution in [0.4, 0.5) is 0 Å². The van der Waals surface area contributed by atoms with Gasteiger partial charge in [-0.1, -0.05) is 35.9 Å². The highest BCUT2D eigenvalue weighted by Gasteiger charge is 2.22. The van der Waals surface area contributed by atoms with Crippen LogP contribution < -0.4 is 16.0 Å². The van der Waals surface area contributed by atoms with E-state index in [0.717, 1.165) is 46.6 Å². The van der Waals surface area contributed by atoms with Gasteiger partial charge in [-0.05, 0) is 61.3 Å². The van der Waals surface area contributed by atoms with Crippen molar-refractivity contribution in [3.63, 3.8) is 0 Å². The van der Waals surface area contributed by atoms with Gasteiger partial charge >= 0.3 is 5.69 Å². The summed E-state index contributed by atoms with van der Waals surface area (Å²) >= 11 is 1.50. The van der Waals surface area contributed by atoms with Crippen molar-refractivity contribution in [2.45, 2.75) is 18.4 Å². The van der Waals surface area contributed by atoms with E-state index in [1.807, 2.05) is 64.9 Å². The van der Waals surface area contributed by atoms with Crippen molar-refractivity contribution < 1.29 is 9.47 Å². The Balaban J connectivity index is 1.37. The molecule has 0 atom stereocenters. The average Bonchev–Trinajstić information content (AvgIpc) is 3.61. The molecule has 0 spiro atoms. The first-order chi connectivity index (χ1) is 21.5. The summed E-state index contributed by atoms with van der Waals surface area (Å²) in [5, 5.41) is 0.805. The molecule has 3 aromatic carbocycles. The first kappa shape index (κ1) is 28.3. The smallest absolute Gasteiger partial charge is 0.326 e. The standard InChI is InChI=1S/C34H33N5O4S/c1-23-8-10-25(11-9-23)44-39-15-14-26-28(22-36(2)33(40)31(26)39)27-12-13-29-30(32(27)43-24-6-4-3-5-7-24)35-34(41)38(29)17-16-37-18-20-42-21-19-37/h3-15,22H,16-21H2,1-2H3,(H,35,41). The Kier molecular flexibility index (Phi) is 7.63. The Morgan fingerprint density at radius 1 is 0.909 bits per heavy atom. The van der Waals surface area contributed by atoms with E-state index in [0.29, 0.717) is 42.3 Å². The summed E-state index contributed by atoms with van der Waals surface area (Å²) in [5.74, 6) is 1.19. The van der Waals surface area contributed by atoms with Crippen LogP contribution in [0.15, 0.2) is 99.7 Å². The van der Waals surface area contributed by atoms with Gasteiger partial charge in [0.2, 0.25) is 0 Å². The number of ether oxygens (including phenoxy) is 2. The van der Waals surface area contributed by atoms with Gasteiger partial charge < -0.3 is 19.0 Å². The predicted molar refractivity (Wildman–Crippen MR) is 175 cm³/mol. The second-order valence-electron chi connectivity index (χ2n) is 11.1. The molecule has 0 aliphatic carbocycles. The lowest BCUT2D eigenvalue weighted by Gasteiger charge is -2.26. The number of aryl methyl sites for hydroxylation is 2. The molecule has 0 saturated carbocycles. The first-order valence-electron chi connectivity index (χ1n) is 14.7. The van der Waals surface area contributed by atoms with Crippen molar-refractivity contribution in [2.75, 3.05) is 32.8 Å². The molecule has 1 saturated heterocycles. The number of imidazole rings is 1. The molecular formula is C34H33N5O4S. The van der Waals surface area contributed by atoms with Crippen LogP contribution in [0.25, 0.3) is 33.1 Å². The van der Waals surface area contributed by atoms with E-state index >= 15 is 0 Å². The molecule has 1 aliphatic heterocycles. The predicted octanol–water partition coefficient (Wildman–Crippen LogP) is 5.64. The second kappa shape index (κ2) is 11.9. The number of aromatic amines is 1. The fourth-order valence-corrected chi connectivity index (χ4v) is 6.62.